The van der Waals surface area contributed by atoms with Crippen molar-refractivity contribution in [2.24, 2.45) is 0 Å². The fourth-order valence-electron chi connectivity index (χ4n) is 4.56. The molecule has 1 aromatic carbocycles. The third kappa shape index (κ3) is 6.49. The predicted octanol–water partition coefficient (Wildman–Crippen LogP) is 4.66. The number of aromatic nitrogens is 3. The Hall–Kier alpha value is -3.40. The molecule has 5 rings (SSSR count). The largest absolute Gasteiger partial charge is 0.329 e. The number of hydrogen-bond acceptors (Lipinski definition) is 9. The van der Waals surface area contributed by atoms with Gasteiger partial charge in [0.15, 0.2) is 5.13 Å². The number of hydrogen-bond donors (Lipinski definition) is 1. The molecule has 0 amide bonds. The van der Waals surface area contributed by atoms with E-state index in [0.717, 1.165) is 84.7 Å². The molecule has 37 heavy (non-hydrogen) atoms. The van der Waals surface area contributed by atoms with Crippen molar-refractivity contribution in [1.29, 1.82) is 0 Å². The summed E-state index contributed by atoms with van der Waals surface area (Å²) in [5.74, 6) is 1.69. The SMILES string of the molecule is Cc1ccc(N(C)c2ccc3nc(Nc4cc(CCCN5CCN(CC=O)CC5)ccn4)sc3n2)cc1. The zero-order valence-electron chi connectivity index (χ0n) is 21.4. The van der Waals surface area contributed by atoms with Gasteiger partial charge in [-0.05, 0) is 68.3 Å². The molecule has 1 aliphatic rings. The Labute approximate surface area is 222 Å². The van der Waals surface area contributed by atoms with E-state index in [2.05, 4.69) is 68.3 Å². The van der Waals surface area contributed by atoms with E-state index in [1.165, 1.54) is 22.5 Å². The lowest BCUT2D eigenvalue weighted by Gasteiger charge is -2.33. The number of nitrogens with zero attached hydrogens (tertiary/aromatic N) is 6. The second-order valence-corrected chi connectivity index (χ2v) is 10.5. The summed E-state index contributed by atoms with van der Waals surface area (Å²) in [6.45, 7) is 7.73. The Morgan fingerprint density at radius 2 is 1.81 bits per heavy atom. The standard InChI is InChI=1S/C28H33N7OS/c1-21-5-7-23(8-6-21)33(2)26-10-9-24-27(32-26)37-28(30-24)31-25-20-22(11-12-29-25)4-3-13-34-14-16-35(17-15-34)18-19-36/h5-12,19-20H,3-4,13-18H2,1-2H3,(H,29,30,31). The molecular formula is C28H33N7OS. The van der Waals surface area contributed by atoms with Gasteiger partial charge in [0.1, 0.15) is 28.3 Å². The molecule has 0 aliphatic carbocycles. The lowest BCUT2D eigenvalue weighted by molar-refractivity contribution is -0.109. The van der Waals surface area contributed by atoms with Gasteiger partial charge in [-0.25, -0.2) is 15.0 Å². The number of carbonyl (C=O) groups is 1. The quantitative estimate of drug-likeness (QED) is 0.306. The number of aldehydes is 1. The maximum Gasteiger partial charge on any atom is 0.190 e. The Morgan fingerprint density at radius 3 is 2.59 bits per heavy atom. The van der Waals surface area contributed by atoms with Crippen LogP contribution in [0.5, 0.6) is 0 Å². The van der Waals surface area contributed by atoms with E-state index in [1.807, 2.05) is 25.4 Å². The van der Waals surface area contributed by atoms with Crippen molar-refractivity contribution in [3.05, 3.63) is 65.9 Å². The number of carbonyl (C=O) groups excluding carboxylic acids is 1. The van der Waals surface area contributed by atoms with Crippen molar-refractivity contribution in [3.63, 3.8) is 0 Å². The highest BCUT2D eigenvalue weighted by molar-refractivity contribution is 7.21. The first-order chi connectivity index (χ1) is 18.1. The van der Waals surface area contributed by atoms with Gasteiger partial charge in [0.25, 0.3) is 0 Å². The Bertz CT molecular complexity index is 1330. The van der Waals surface area contributed by atoms with Gasteiger partial charge in [0.05, 0.1) is 6.54 Å². The minimum Gasteiger partial charge on any atom is -0.329 e. The third-order valence-corrected chi connectivity index (χ3v) is 7.68. The van der Waals surface area contributed by atoms with Crippen molar-refractivity contribution < 1.29 is 4.79 Å². The van der Waals surface area contributed by atoms with Crippen molar-refractivity contribution in [2.75, 3.05) is 56.5 Å². The summed E-state index contributed by atoms with van der Waals surface area (Å²) in [5.41, 5.74) is 4.47. The summed E-state index contributed by atoms with van der Waals surface area (Å²) in [7, 11) is 2.03. The lowest BCUT2D eigenvalue weighted by atomic mass is 10.1. The second kappa shape index (κ2) is 11.8. The van der Waals surface area contributed by atoms with Crippen molar-refractivity contribution in [3.8, 4) is 0 Å². The average molecular weight is 516 g/mol. The molecule has 1 saturated heterocycles. The molecule has 1 N–H and O–H groups in total. The van der Waals surface area contributed by atoms with Crippen LogP contribution in [0, 0.1) is 6.92 Å². The monoisotopic (exact) mass is 515 g/mol. The smallest absolute Gasteiger partial charge is 0.190 e. The number of anilines is 4. The molecule has 1 fully saturated rings. The van der Waals surface area contributed by atoms with Crippen LogP contribution in [0.2, 0.25) is 0 Å². The van der Waals surface area contributed by atoms with Gasteiger partial charge in [-0.1, -0.05) is 29.0 Å². The lowest BCUT2D eigenvalue weighted by Crippen LogP contribution is -2.47. The first-order valence-electron chi connectivity index (χ1n) is 12.8. The second-order valence-electron chi connectivity index (χ2n) is 9.49. The molecular weight excluding hydrogens is 482 g/mol. The topological polar surface area (TPSA) is 77.5 Å². The summed E-state index contributed by atoms with van der Waals surface area (Å²) in [6, 6.07) is 16.7. The molecule has 0 unspecified atom stereocenters. The molecule has 0 bridgehead atoms. The van der Waals surface area contributed by atoms with Crippen LogP contribution in [0.3, 0.4) is 0 Å². The van der Waals surface area contributed by atoms with E-state index in [-0.39, 0.29) is 0 Å². The number of fused-ring (bicyclic) bond motifs is 1. The molecule has 0 atom stereocenters. The summed E-state index contributed by atoms with van der Waals surface area (Å²) in [6.07, 6.45) is 4.95. The van der Waals surface area contributed by atoms with Gasteiger partial charge in [-0.15, -0.1) is 0 Å². The predicted molar refractivity (Wildman–Crippen MR) is 151 cm³/mol. The molecule has 4 aromatic rings. The highest BCUT2D eigenvalue weighted by Gasteiger charge is 2.16. The van der Waals surface area contributed by atoms with Gasteiger partial charge in [-0.3, -0.25) is 4.90 Å². The number of rotatable bonds is 10. The minimum atomic E-state index is 0.553. The third-order valence-electron chi connectivity index (χ3n) is 6.80. The molecule has 1 aliphatic heterocycles. The normalized spacial score (nSPS) is 14.6. The van der Waals surface area contributed by atoms with Crippen LogP contribution in [0.1, 0.15) is 17.5 Å². The highest BCUT2D eigenvalue weighted by atomic mass is 32.1. The van der Waals surface area contributed by atoms with Gasteiger partial charge in [0.2, 0.25) is 0 Å². The highest BCUT2D eigenvalue weighted by Crippen LogP contribution is 2.30. The van der Waals surface area contributed by atoms with Crippen molar-refractivity contribution >= 4 is 50.4 Å². The molecule has 9 heteroatoms. The van der Waals surface area contributed by atoms with Gasteiger partial charge >= 0.3 is 0 Å². The van der Waals surface area contributed by atoms with Crippen molar-refractivity contribution in [1.82, 2.24) is 24.8 Å². The van der Waals surface area contributed by atoms with Crippen LogP contribution >= 0.6 is 11.3 Å². The zero-order chi connectivity index (χ0) is 25.6. The molecule has 8 nitrogen and oxygen atoms in total. The Morgan fingerprint density at radius 1 is 1.03 bits per heavy atom. The first-order valence-corrected chi connectivity index (χ1v) is 13.6. The summed E-state index contributed by atoms with van der Waals surface area (Å²) < 4.78 is 0. The zero-order valence-corrected chi connectivity index (χ0v) is 22.2. The van der Waals surface area contributed by atoms with Crippen LogP contribution in [-0.2, 0) is 11.2 Å². The number of piperazine rings is 1. The van der Waals surface area contributed by atoms with E-state index in [0.29, 0.717) is 6.54 Å². The van der Waals surface area contributed by atoms with Crippen molar-refractivity contribution in [2.45, 2.75) is 19.8 Å². The number of pyridine rings is 2. The minimum absolute atomic E-state index is 0.553. The van der Waals surface area contributed by atoms with Crippen LogP contribution in [-0.4, -0.2) is 77.4 Å². The molecule has 192 valence electrons. The molecule has 0 spiro atoms. The van der Waals surface area contributed by atoms with Crippen LogP contribution < -0.4 is 10.2 Å². The van der Waals surface area contributed by atoms with E-state index < -0.39 is 0 Å². The van der Waals surface area contributed by atoms with E-state index >= 15 is 0 Å². The van der Waals surface area contributed by atoms with Crippen LogP contribution in [0.25, 0.3) is 10.3 Å². The van der Waals surface area contributed by atoms with Crippen LogP contribution in [0.4, 0.5) is 22.5 Å². The molecule has 3 aromatic heterocycles. The molecule has 0 radical (unpaired) electrons. The maximum atomic E-state index is 10.7. The fourth-order valence-corrected chi connectivity index (χ4v) is 5.40. The summed E-state index contributed by atoms with van der Waals surface area (Å²) >= 11 is 1.53. The summed E-state index contributed by atoms with van der Waals surface area (Å²) in [4.78, 5) is 32.4. The average Bonchev–Trinajstić information content (AvgIpc) is 3.31. The molecule has 4 heterocycles. The number of nitrogens with one attached hydrogen (secondary N) is 1. The fraction of sp³-hybridized carbons (Fsp3) is 0.357. The van der Waals surface area contributed by atoms with Gasteiger partial charge in [0, 0.05) is 45.1 Å². The van der Waals surface area contributed by atoms with E-state index in [9.17, 15) is 4.79 Å². The molecule has 0 saturated carbocycles. The summed E-state index contributed by atoms with van der Waals surface area (Å²) in [5, 5.41) is 4.16. The van der Waals surface area contributed by atoms with E-state index in [4.69, 9.17) is 9.97 Å². The van der Waals surface area contributed by atoms with E-state index in [1.54, 1.807) is 0 Å². The first kappa shape index (κ1) is 25.3. The van der Waals surface area contributed by atoms with Gasteiger partial charge < -0.3 is 19.9 Å². The Kier molecular flexibility index (Phi) is 8.03. The Balaban J connectivity index is 1.18. The van der Waals surface area contributed by atoms with Gasteiger partial charge in [-0.2, -0.15) is 0 Å². The number of thiazole rings is 1. The van der Waals surface area contributed by atoms with Crippen LogP contribution in [0.15, 0.2) is 54.7 Å². The maximum absolute atomic E-state index is 10.7. The number of aryl methyl sites for hydroxylation is 2. The number of benzene rings is 1.